The van der Waals surface area contributed by atoms with E-state index >= 15 is 0 Å². The number of halogens is 1. The van der Waals surface area contributed by atoms with E-state index in [4.69, 9.17) is 35.2 Å². The van der Waals surface area contributed by atoms with Gasteiger partial charge in [0, 0.05) is 38.5 Å². The first-order valence-electron chi connectivity index (χ1n) is 10.5. The van der Waals surface area contributed by atoms with Crippen LogP contribution in [0, 0.1) is 6.92 Å². The maximum absolute atomic E-state index is 6.46. The van der Waals surface area contributed by atoms with Crippen molar-refractivity contribution in [1.82, 2.24) is 14.9 Å². The van der Waals surface area contributed by atoms with Crippen molar-refractivity contribution < 1.29 is 18.6 Å². The molecule has 7 nitrogen and oxygen atoms in total. The van der Waals surface area contributed by atoms with Gasteiger partial charge in [0.1, 0.15) is 5.76 Å². The van der Waals surface area contributed by atoms with Gasteiger partial charge in [0.15, 0.2) is 11.5 Å². The third-order valence-electron chi connectivity index (χ3n) is 5.56. The van der Waals surface area contributed by atoms with Gasteiger partial charge in [-0.15, -0.1) is 0 Å². The molecule has 8 heteroatoms. The van der Waals surface area contributed by atoms with E-state index in [9.17, 15) is 0 Å². The van der Waals surface area contributed by atoms with Gasteiger partial charge in [-0.05, 0) is 38.0 Å². The van der Waals surface area contributed by atoms with Crippen LogP contribution < -0.4 is 9.47 Å². The molecular formula is C23H24ClN3O4. The topological polar surface area (TPSA) is 69.9 Å². The molecule has 5 rings (SSSR count). The van der Waals surface area contributed by atoms with Gasteiger partial charge in [-0.25, -0.2) is 4.98 Å². The zero-order chi connectivity index (χ0) is 21.2. The molecule has 2 aliphatic heterocycles. The quantitative estimate of drug-likeness (QED) is 0.530. The SMILES string of the molecule is Cc1oc(-c2cc3c(cc2Cl)OCO3)nc1CN(Cc1ccccn1)CC1CCCO1. The molecule has 1 saturated heterocycles. The second kappa shape index (κ2) is 8.86. The Balaban J connectivity index is 1.38. The molecule has 0 aliphatic carbocycles. The lowest BCUT2D eigenvalue weighted by molar-refractivity contribution is 0.0669. The molecule has 1 unspecified atom stereocenters. The highest BCUT2D eigenvalue weighted by Gasteiger charge is 2.24. The molecule has 4 heterocycles. The van der Waals surface area contributed by atoms with Crippen molar-refractivity contribution in [2.75, 3.05) is 19.9 Å². The number of aromatic nitrogens is 2. The van der Waals surface area contributed by atoms with Crippen LogP contribution in [0.25, 0.3) is 11.5 Å². The Labute approximate surface area is 185 Å². The van der Waals surface area contributed by atoms with Gasteiger partial charge in [-0.1, -0.05) is 17.7 Å². The Morgan fingerprint density at radius 1 is 1.16 bits per heavy atom. The van der Waals surface area contributed by atoms with Crippen LogP contribution in [-0.4, -0.2) is 40.9 Å². The van der Waals surface area contributed by atoms with Crippen LogP contribution in [-0.2, 0) is 17.8 Å². The summed E-state index contributed by atoms with van der Waals surface area (Å²) in [7, 11) is 0. The summed E-state index contributed by atoms with van der Waals surface area (Å²) in [6.45, 7) is 5.12. The summed E-state index contributed by atoms with van der Waals surface area (Å²) in [6.07, 6.45) is 4.24. The Hall–Kier alpha value is -2.61. The molecule has 1 atom stereocenters. The lowest BCUT2D eigenvalue weighted by atomic mass is 10.2. The monoisotopic (exact) mass is 441 g/mol. The van der Waals surface area contributed by atoms with Crippen molar-refractivity contribution >= 4 is 11.6 Å². The first-order chi connectivity index (χ1) is 15.2. The Morgan fingerprint density at radius 2 is 2.03 bits per heavy atom. The fourth-order valence-electron chi connectivity index (χ4n) is 3.96. The van der Waals surface area contributed by atoms with Crippen molar-refractivity contribution in [3.8, 4) is 23.0 Å². The van der Waals surface area contributed by atoms with E-state index in [1.54, 1.807) is 6.07 Å². The average molecular weight is 442 g/mol. The summed E-state index contributed by atoms with van der Waals surface area (Å²) < 4.78 is 22.7. The number of nitrogens with zero attached hydrogens (tertiary/aromatic N) is 3. The second-order valence-corrected chi connectivity index (χ2v) is 8.24. The van der Waals surface area contributed by atoms with Crippen LogP contribution in [0.5, 0.6) is 11.5 Å². The fraction of sp³-hybridized carbons (Fsp3) is 0.391. The van der Waals surface area contributed by atoms with Gasteiger partial charge in [-0.3, -0.25) is 9.88 Å². The first kappa shape index (κ1) is 20.3. The summed E-state index contributed by atoms with van der Waals surface area (Å²) in [5.41, 5.74) is 2.58. The van der Waals surface area contributed by atoms with Crippen LogP contribution >= 0.6 is 11.6 Å². The molecule has 31 heavy (non-hydrogen) atoms. The molecule has 162 valence electrons. The zero-order valence-corrected chi connectivity index (χ0v) is 18.1. The molecule has 0 radical (unpaired) electrons. The number of ether oxygens (including phenoxy) is 3. The molecule has 0 amide bonds. The molecule has 3 aromatic rings. The predicted molar refractivity (Wildman–Crippen MR) is 115 cm³/mol. The zero-order valence-electron chi connectivity index (χ0n) is 17.3. The van der Waals surface area contributed by atoms with Crippen LogP contribution in [0.4, 0.5) is 0 Å². The maximum Gasteiger partial charge on any atom is 0.231 e. The normalized spacial score (nSPS) is 17.6. The largest absolute Gasteiger partial charge is 0.454 e. The van der Waals surface area contributed by atoms with E-state index in [-0.39, 0.29) is 12.9 Å². The lowest BCUT2D eigenvalue weighted by Gasteiger charge is -2.24. The smallest absolute Gasteiger partial charge is 0.231 e. The van der Waals surface area contributed by atoms with Crippen LogP contribution in [0.15, 0.2) is 40.9 Å². The van der Waals surface area contributed by atoms with Crippen LogP contribution in [0.1, 0.15) is 30.0 Å². The van der Waals surface area contributed by atoms with Gasteiger partial charge in [0.25, 0.3) is 0 Å². The third kappa shape index (κ3) is 4.54. The number of rotatable bonds is 7. The summed E-state index contributed by atoms with van der Waals surface area (Å²) in [6, 6.07) is 9.53. The predicted octanol–water partition coefficient (Wildman–Crippen LogP) is 4.61. The van der Waals surface area contributed by atoms with Crippen molar-refractivity contribution in [1.29, 1.82) is 0 Å². The number of hydrogen-bond donors (Lipinski definition) is 0. The summed E-state index contributed by atoms with van der Waals surface area (Å²) in [4.78, 5) is 11.6. The third-order valence-corrected chi connectivity index (χ3v) is 5.87. The van der Waals surface area contributed by atoms with Crippen molar-refractivity contribution in [3.05, 3.63) is 58.7 Å². The maximum atomic E-state index is 6.46. The highest BCUT2D eigenvalue weighted by Crippen LogP contribution is 2.41. The molecule has 1 aromatic carbocycles. The Bertz CT molecular complexity index is 1050. The van der Waals surface area contributed by atoms with Crippen LogP contribution in [0.3, 0.4) is 0 Å². The van der Waals surface area contributed by atoms with E-state index in [1.807, 2.05) is 37.4 Å². The lowest BCUT2D eigenvalue weighted by Crippen LogP contribution is -2.32. The van der Waals surface area contributed by atoms with E-state index in [1.165, 1.54) is 0 Å². The Kier molecular flexibility index (Phi) is 5.80. The molecule has 0 bridgehead atoms. The van der Waals surface area contributed by atoms with Gasteiger partial charge in [0.05, 0.1) is 28.1 Å². The number of fused-ring (bicyclic) bond motifs is 1. The fourth-order valence-corrected chi connectivity index (χ4v) is 4.20. The van der Waals surface area contributed by atoms with E-state index in [0.717, 1.165) is 43.1 Å². The highest BCUT2D eigenvalue weighted by molar-refractivity contribution is 6.33. The van der Waals surface area contributed by atoms with Crippen molar-refractivity contribution in [3.63, 3.8) is 0 Å². The number of oxazole rings is 1. The summed E-state index contributed by atoms with van der Waals surface area (Å²) in [5.74, 6) is 2.52. The number of pyridine rings is 1. The molecule has 0 saturated carbocycles. The van der Waals surface area contributed by atoms with Gasteiger partial charge < -0.3 is 18.6 Å². The minimum atomic E-state index is 0.191. The Morgan fingerprint density at radius 3 is 2.81 bits per heavy atom. The average Bonchev–Trinajstić information content (AvgIpc) is 3.50. The molecular weight excluding hydrogens is 418 g/mol. The van der Waals surface area contributed by atoms with Gasteiger partial charge >= 0.3 is 0 Å². The van der Waals surface area contributed by atoms with Crippen molar-refractivity contribution in [2.45, 2.75) is 39.0 Å². The van der Waals surface area contributed by atoms with Gasteiger partial charge in [0.2, 0.25) is 12.7 Å². The van der Waals surface area contributed by atoms with E-state index in [2.05, 4.69) is 9.88 Å². The standard InChI is InChI=1S/C23H24ClN3O4/c1-15-20(26-23(31-15)18-9-21-22(10-19(18)24)30-14-29-21)13-27(12-17-6-4-8-28-17)11-16-5-2-3-7-25-16/h2-3,5,7,9-10,17H,4,6,8,11-14H2,1H3. The summed E-state index contributed by atoms with van der Waals surface area (Å²) in [5, 5.41) is 0.516. The minimum absolute atomic E-state index is 0.191. The minimum Gasteiger partial charge on any atom is -0.454 e. The van der Waals surface area contributed by atoms with Crippen molar-refractivity contribution in [2.24, 2.45) is 0 Å². The van der Waals surface area contributed by atoms with Gasteiger partial charge in [-0.2, -0.15) is 0 Å². The molecule has 2 aromatic heterocycles. The number of benzene rings is 1. The first-order valence-corrected chi connectivity index (χ1v) is 10.8. The molecule has 1 fully saturated rings. The second-order valence-electron chi connectivity index (χ2n) is 7.83. The molecule has 0 N–H and O–H groups in total. The van der Waals surface area contributed by atoms with E-state index in [0.29, 0.717) is 41.1 Å². The highest BCUT2D eigenvalue weighted by atomic mass is 35.5. The number of hydrogen-bond acceptors (Lipinski definition) is 7. The van der Waals surface area contributed by atoms with E-state index < -0.39 is 0 Å². The molecule has 0 spiro atoms. The molecule has 2 aliphatic rings. The van der Waals surface area contributed by atoms with Crippen LogP contribution in [0.2, 0.25) is 5.02 Å². The number of aryl methyl sites for hydroxylation is 1. The summed E-state index contributed by atoms with van der Waals surface area (Å²) >= 11 is 6.46.